The first-order chi connectivity index (χ1) is 14.1. The smallest absolute Gasteiger partial charge is 0.198 e. The second-order valence-electron chi connectivity index (χ2n) is 6.85. The van der Waals surface area contributed by atoms with Crippen LogP contribution in [0.1, 0.15) is 5.56 Å². The Bertz CT molecular complexity index is 1280. The largest absolute Gasteiger partial charge is 0.329 e. The second-order valence-corrected chi connectivity index (χ2v) is 7.67. The van der Waals surface area contributed by atoms with Crippen molar-refractivity contribution in [1.82, 2.24) is 9.55 Å². The zero-order chi connectivity index (χ0) is 20.5. The van der Waals surface area contributed by atoms with Crippen LogP contribution in [0.25, 0.3) is 21.9 Å². The van der Waals surface area contributed by atoms with E-state index in [-0.39, 0.29) is 12.0 Å². The van der Waals surface area contributed by atoms with Crippen molar-refractivity contribution in [1.29, 1.82) is 0 Å². The molecule has 0 aliphatic rings. The van der Waals surface area contributed by atoms with Crippen molar-refractivity contribution in [2.24, 2.45) is 0 Å². The lowest BCUT2D eigenvalue weighted by atomic mass is 10.1. The van der Waals surface area contributed by atoms with Crippen LogP contribution in [0, 0.1) is 6.92 Å². The fourth-order valence-corrected chi connectivity index (χ4v) is 4.48. The van der Waals surface area contributed by atoms with E-state index in [1.165, 1.54) is 0 Å². The molecule has 0 unspecified atom stereocenters. The molecule has 6 heteroatoms. The molecule has 146 valence electrons. The van der Waals surface area contributed by atoms with Crippen molar-refractivity contribution in [3.05, 3.63) is 70.4 Å². The molecule has 0 saturated heterocycles. The van der Waals surface area contributed by atoms with Gasteiger partial charge in [0.25, 0.3) is 0 Å². The van der Waals surface area contributed by atoms with Crippen LogP contribution in [0.2, 0.25) is 0 Å². The average Bonchev–Trinajstić information content (AvgIpc) is 2.76. The monoisotopic (exact) mass is 403 g/mol. The number of hydrogen-bond donors (Lipinski definition) is 0. The van der Waals surface area contributed by atoms with E-state index in [0.717, 1.165) is 27.9 Å². The maximum absolute atomic E-state index is 13.2. The van der Waals surface area contributed by atoms with Crippen molar-refractivity contribution in [3.8, 4) is 0 Å². The third kappa shape index (κ3) is 3.19. The molecule has 0 amide bonds. The minimum Gasteiger partial charge on any atom is -0.329 e. The Morgan fingerprint density at radius 3 is 2.48 bits per heavy atom. The lowest BCUT2D eigenvalue weighted by Crippen LogP contribution is -2.17. The van der Waals surface area contributed by atoms with Gasteiger partial charge in [0, 0.05) is 23.0 Å². The number of thioether (sulfide) groups is 1. The number of aromatic nitrogens is 2. The molecule has 0 atom stereocenters. The molecule has 2 aromatic carbocycles. The highest BCUT2D eigenvalue weighted by Crippen LogP contribution is 2.31. The molecule has 0 N–H and O–H groups in total. The topological polar surface area (TPSA) is 55.2 Å². The first kappa shape index (κ1) is 19.2. The summed E-state index contributed by atoms with van der Waals surface area (Å²) in [6.45, 7) is 2.15. The van der Waals surface area contributed by atoms with Gasteiger partial charge in [-0.2, -0.15) is 0 Å². The maximum atomic E-state index is 13.2. The van der Waals surface area contributed by atoms with E-state index in [1.807, 2.05) is 78.2 Å². The molecule has 29 heavy (non-hydrogen) atoms. The van der Waals surface area contributed by atoms with Crippen molar-refractivity contribution in [3.63, 3.8) is 0 Å². The van der Waals surface area contributed by atoms with Crippen LogP contribution in [0.4, 0.5) is 11.5 Å². The first-order valence-electron chi connectivity index (χ1n) is 9.30. The summed E-state index contributed by atoms with van der Waals surface area (Å²) in [4.78, 5) is 32.5. The van der Waals surface area contributed by atoms with E-state index >= 15 is 0 Å². The number of carbonyl (C=O) groups is 1. The molecule has 0 saturated carbocycles. The summed E-state index contributed by atoms with van der Waals surface area (Å²) in [6.07, 6.45) is 2.83. The molecule has 0 aliphatic heterocycles. The molecule has 0 aliphatic carbocycles. The van der Waals surface area contributed by atoms with Gasteiger partial charge in [0.05, 0.1) is 17.4 Å². The Balaban J connectivity index is 2.07. The molecule has 5 nitrogen and oxygen atoms in total. The van der Waals surface area contributed by atoms with Gasteiger partial charge < -0.3 is 14.3 Å². The van der Waals surface area contributed by atoms with Crippen molar-refractivity contribution in [2.75, 3.05) is 18.2 Å². The standard InChI is InChI=1S/C23H21N3O2S/c1-15-9-10-17-20(22(15)29-3)26(13-14-27)23-18(21(17)28)11-12-19(24-23)25(2)16-7-5-4-6-8-16/h4-12,14H,13H2,1-3H3. The molecule has 0 bridgehead atoms. The molecular formula is C23H21N3O2S. The van der Waals surface area contributed by atoms with E-state index in [4.69, 9.17) is 4.98 Å². The number of carbonyl (C=O) groups excluding carboxylic acids is 1. The van der Waals surface area contributed by atoms with E-state index in [0.29, 0.717) is 22.2 Å². The van der Waals surface area contributed by atoms with Gasteiger partial charge in [0.1, 0.15) is 17.8 Å². The van der Waals surface area contributed by atoms with Crippen LogP contribution in [-0.2, 0) is 11.3 Å². The van der Waals surface area contributed by atoms with Crippen molar-refractivity contribution in [2.45, 2.75) is 18.4 Å². The summed E-state index contributed by atoms with van der Waals surface area (Å²) in [5.41, 5.74) is 3.30. The lowest BCUT2D eigenvalue weighted by molar-refractivity contribution is -0.108. The number of aldehydes is 1. The number of benzene rings is 2. The van der Waals surface area contributed by atoms with Crippen molar-refractivity contribution < 1.29 is 4.79 Å². The van der Waals surface area contributed by atoms with Gasteiger partial charge in [-0.3, -0.25) is 4.79 Å². The number of hydrogen-bond acceptors (Lipinski definition) is 5. The Labute approximate surface area is 173 Å². The summed E-state index contributed by atoms with van der Waals surface area (Å²) in [5, 5.41) is 1.13. The molecule has 2 aromatic heterocycles. The van der Waals surface area contributed by atoms with Gasteiger partial charge in [-0.25, -0.2) is 4.98 Å². The Kier molecular flexibility index (Phi) is 5.11. The van der Waals surface area contributed by atoms with Gasteiger partial charge >= 0.3 is 0 Å². The van der Waals surface area contributed by atoms with Crippen molar-refractivity contribution >= 4 is 51.5 Å². The summed E-state index contributed by atoms with van der Waals surface area (Å²) in [7, 11) is 1.93. The Morgan fingerprint density at radius 1 is 1.07 bits per heavy atom. The number of nitrogens with zero attached hydrogens (tertiary/aromatic N) is 3. The van der Waals surface area contributed by atoms with E-state index in [9.17, 15) is 9.59 Å². The fraction of sp³-hybridized carbons (Fsp3) is 0.174. The number of aryl methyl sites for hydroxylation is 1. The van der Waals surface area contributed by atoms with E-state index < -0.39 is 0 Å². The maximum Gasteiger partial charge on any atom is 0.198 e. The number of anilines is 2. The predicted molar refractivity (Wildman–Crippen MR) is 121 cm³/mol. The van der Waals surface area contributed by atoms with Gasteiger partial charge in [-0.1, -0.05) is 24.3 Å². The Hall–Kier alpha value is -3.12. The number of pyridine rings is 2. The van der Waals surface area contributed by atoms with Gasteiger partial charge in [0.15, 0.2) is 5.43 Å². The van der Waals surface area contributed by atoms with Crippen LogP contribution in [-0.4, -0.2) is 29.1 Å². The fourth-order valence-electron chi connectivity index (χ4n) is 3.68. The van der Waals surface area contributed by atoms with E-state index in [1.54, 1.807) is 17.8 Å². The van der Waals surface area contributed by atoms with Crippen LogP contribution in [0.15, 0.2) is 64.3 Å². The lowest BCUT2D eigenvalue weighted by Gasteiger charge is -2.21. The predicted octanol–water partition coefficient (Wildman–Crippen LogP) is 4.55. The molecule has 0 radical (unpaired) electrons. The highest BCUT2D eigenvalue weighted by molar-refractivity contribution is 7.98. The van der Waals surface area contributed by atoms with Gasteiger partial charge in [0.2, 0.25) is 0 Å². The molecule has 4 rings (SSSR count). The Morgan fingerprint density at radius 2 is 1.79 bits per heavy atom. The highest BCUT2D eigenvalue weighted by atomic mass is 32.2. The van der Waals surface area contributed by atoms with Crippen LogP contribution in [0.3, 0.4) is 0 Å². The summed E-state index contributed by atoms with van der Waals surface area (Å²) >= 11 is 1.58. The normalized spacial score (nSPS) is 11.1. The van der Waals surface area contributed by atoms with Crippen LogP contribution < -0.4 is 10.3 Å². The molecular weight excluding hydrogens is 382 g/mol. The molecule has 4 aromatic rings. The first-order valence-corrected chi connectivity index (χ1v) is 10.5. The minimum absolute atomic E-state index is 0.0612. The van der Waals surface area contributed by atoms with Gasteiger partial charge in [-0.05, 0) is 49.1 Å². The average molecular weight is 404 g/mol. The second kappa shape index (κ2) is 7.72. The SMILES string of the molecule is CSc1c(C)ccc2c(=O)c3ccc(N(C)c4ccccc4)nc3n(CC=O)c12. The van der Waals surface area contributed by atoms with Crippen LogP contribution >= 0.6 is 11.8 Å². The van der Waals surface area contributed by atoms with Crippen LogP contribution in [0.5, 0.6) is 0 Å². The quantitative estimate of drug-likeness (QED) is 0.278. The zero-order valence-electron chi connectivity index (χ0n) is 16.5. The summed E-state index contributed by atoms with van der Waals surface area (Å²) in [6, 6.07) is 17.4. The summed E-state index contributed by atoms with van der Waals surface area (Å²) in [5.74, 6) is 0.709. The third-order valence-electron chi connectivity index (χ3n) is 5.15. The minimum atomic E-state index is -0.0612. The molecule has 0 spiro atoms. The molecule has 2 heterocycles. The summed E-state index contributed by atoms with van der Waals surface area (Å²) < 4.78 is 1.86. The zero-order valence-corrected chi connectivity index (χ0v) is 17.4. The van der Waals surface area contributed by atoms with Gasteiger partial charge in [-0.15, -0.1) is 11.8 Å². The number of para-hydroxylation sites is 1. The third-order valence-corrected chi connectivity index (χ3v) is 6.08. The number of rotatable bonds is 5. The molecule has 0 fully saturated rings. The van der Waals surface area contributed by atoms with E-state index in [2.05, 4.69) is 0 Å². The number of fused-ring (bicyclic) bond motifs is 2. The highest BCUT2D eigenvalue weighted by Gasteiger charge is 2.17.